The Balaban J connectivity index is 2.20. The number of anilines is 1. The summed E-state index contributed by atoms with van der Waals surface area (Å²) in [6, 6.07) is 1.90. The summed E-state index contributed by atoms with van der Waals surface area (Å²) < 4.78 is 0. The van der Waals surface area contributed by atoms with Crippen molar-refractivity contribution in [2.24, 2.45) is 5.84 Å². The first-order valence-electron chi connectivity index (χ1n) is 6.03. The average molecular weight is 249 g/mol. The van der Waals surface area contributed by atoms with Gasteiger partial charge >= 0.3 is 0 Å². The highest BCUT2D eigenvalue weighted by Crippen LogP contribution is 2.18. The normalized spacial score (nSPS) is 20.8. The Morgan fingerprint density at radius 1 is 1.56 bits per heavy atom. The molecule has 6 nitrogen and oxygen atoms in total. The molecule has 18 heavy (non-hydrogen) atoms. The monoisotopic (exact) mass is 249 g/mol. The van der Waals surface area contributed by atoms with E-state index in [0.29, 0.717) is 11.3 Å². The van der Waals surface area contributed by atoms with E-state index in [1.54, 1.807) is 18.5 Å². The zero-order valence-electron chi connectivity index (χ0n) is 10.8. The van der Waals surface area contributed by atoms with E-state index in [9.17, 15) is 4.79 Å². The maximum atomic E-state index is 12.5. The molecule has 3 N–H and O–H groups in total. The van der Waals surface area contributed by atoms with Crippen molar-refractivity contribution in [1.82, 2.24) is 14.8 Å². The Morgan fingerprint density at radius 2 is 2.33 bits per heavy atom. The highest BCUT2D eigenvalue weighted by molar-refractivity contribution is 5.99. The van der Waals surface area contributed by atoms with E-state index in [4.69, 9.17) is 5.84 Å². The van der Waals surface area contributed by atoms with E-state index >= 15 is 0 Å². The maximum absolute atomic E-state index is 12.5. The summed E-state index contributed by atoms with van der Waals surface area (Å²) in [7, 11) is 2.06. The Hall–Kier alpha value is -1.66. The Kier molecular flexibility index (Phi) is 3.78. The van der Waals surface area contributed by atoms with Crippen LogP contribution in [0.15, 0.2) is 18.5 Å². The molecule has 2 heterocycles. The van der Waals surface area contributed by atoms with Crippen LogP contribution in [0, 0.1) is 0 Å². The van der Waals surface area contributed by atoms with Crippen LogP contribution in [-0.2, 0) is 0 Å². The fourth-order valence-corrected chi connectivity index (χ4v) is 2.29. The summed E-state index contributed by atoms with van der Waals surface area (Å²) in [5.41, 5.74) is 3.68. The van der Waals surface area contributed by atoms with E-state index < -0.39 is 0 Å². The van der Waals surface area contributed by atoms with Gasteiger partial charge in [-0.05, 0) is 20.0 Å². The largest absolute Gasteiger partial charge is 0.333 e. The number of carbonyl (C=O) groups excluding carboxylic acids is 1. The molecule has 1 unspecified atom stereocenters. The number of nitrogens with zero attached hydrogens (tertiary/aromatic N) is 3. The Labute approximate surface area is 107 Å². The van der Waals surface area contributed by atoms with Crippen LogP contribution in [0.3, 0.4) is 0 Å². The van der Waals surface area contributed by atoms with Gasteiger partial charge in [-0.25, -0.2) is 0 Å². The molecule has 1 atom stereocenters. The summed E-state index contributed by atoms with van der Waals surface area (Å²) in [6.45, 7) is 4.56. The van der Waals surface area contributed by atoms with Crippen LogP contribution in [0.2, 0.25) is 0 Å². The van der Waals surface area contributed by atoms with Crippen molar-refractivity contribution in [3.63, 3.8) is 0 Å². The highest BCUT2D eigenvalue weighted by atomic mass is 16.2. The lowest BCUT2D eigenvalue weighted by molar-refractivity contribution is 0.0534. The SMILES string of the molecule is CC1CN(C)CCN1C(=O)c1cnccc1NN. The Bertz CT molecular complexity index is 436. The molecule has 1 saturated heterocycles. The third-order valence-corrected chi connectivity index (χ3v) is 3.30. The van der Waals surface area contributed by atoms with Gasteiger partial charge in [-0.1, -0.05) is 0 Å². The molecule has 2 rings (SSSR count). The quantitative estimate of drug-likeness (QED) is 0.576. The lowest BCUT2D eigenvalue weighted by Gasteiger charge is -2.38. The molecular weight excluding hydrogens is 230 g/mol. The first-order valence-corrected chi connectivity index (χ1v) is 6.03. The van der Waals surface area contributed by atoms with E-state index in [0.717, 1.165) is 19.6 Å². The number of pyridine rings is 1. The van der Waals surface area contributed by atoms with Gasteiger partial charge < -0.3 is 15.2 Å². The predicted molar refractivity (Wildman–Crippen MR) is 70.0 cm³/mol. The minimum absolute atomic E-state index is 0.0170. The lowest BCUT2D eigenvalue weighted by atomic mass is 10.1. The molecule has 1 aromatic rings. The van der Waals surface area contributed by atoms with Crippen LogP contribution in [0.5, 0.6) is 0 Å². The van der Waals surface area contributed by atoms with Crippen molar-refractivity contribution in [1.29, 1.82) is 0 Å². The van der Waals surface area contributed by atoms with Gasteiger partial charge in [0.25, 0.3) is 5.91 Å². The number of nitrogens with one attached hydrogen (secondary N) is 1. The van der Waals surface area contributed by atoms with Gasteiger partial charge in [0.1, 0.15) is 0 Å². The number of hydrazine groups is 1. The molecule has 1 amide bonds. The summed E-state index contributed by atoms with van der Waals surface area (Å²) in [4.78, 5) is 20.6. The van der Waals surface area contributed by atoms with E-state index in [1.807, 2.05) is 4.90 Å². The fourth-order valence-electron chi connectivity index (χ4n) is 2.29. The van der Waals surface area contributed by atoms with Crippen molar-refractivity contribution >= 4 is 11.6 Å². The molecule has 1 aliphatic rings. The smallest absolute Gasteiger partial charge is 0.257 e. The van der Waals surface area contributed by atoms with Gasteiger partial charge in [0.15, 0.2) is 0 Å². The zero-order valence-corrected chi connectivity index (χ0v) is 10.8. The number of hydrogen-bond acceptors (Lipinski definition) is 5. The summed E-state index contributed by atoms with van der Waals surface area (Å²) >= 11 is 0. The number of carbonyl (C=O) groups is 1. The minimum Gasteiger partial charge on any atom is -0.333 e. The molecule has 0 aromatic carbocycles. The minimum atomic E-state index is -0.0170. The standard InChI is InChI=1S/C12H19N5O/c1-9-8-16(2)5-6-17(9)12(18)10-7-14-4-3-11(10)15-13/h3-4,7,9H,5-6,8,13H2,1-2H3,(H,14,15). The summed E-state index contributed by atoms with van der Waals surface area (Å²) in [6.07, 6.45) is 3.17. The zero-order chi connectivity index (χ0) is 13.1. The molecule has 6 heteroatoms. The van der Waals surface area contributed by atoms with Gasteiger partial charge in [-0.15, -0.1) is 0 Å². The second-order valence-electron chi connectivity index (χ2n) is 4.68. The van der Waals surface area contributed by atoms with Gasteiger partial charge in [0.2, 0.25) is 0 Å². The van der Waals surface area contributed by atoms with Crippen LogP contribution in [-0.4, -0.2) is 53.4 Å². The molecule has 0 bridgehead atoms. The number of piperazine rings is 1. The third kappa shape index (κ3) is 2.44. The van der Waals surface area contributed by atoms with Crippen LogP contribution in [0.4, 0.5) is 5.69 Å². The van der Waals surface area contributed by atoms with E-state index in [2.05, 4.69) is 29.3 Å². The fraction of sp³-hybridized carbons (Fsp3) is 0.500. The van der Waals surface area contributed by atoms with Gasteiger partial charge in [-0.3, -0.25) is 15.6 Å². The van der Waals surface area contributed by atoms with Crippen molar-refractivity contribution in [2.75, 3.05) is 32.1 Å². The lowest BCUT2D eigenvalue weighted by Crippen LogP contribution is -2.52. The number of nitrogens with two attached hydrogens (primary N) is 1. The molecule has 0 saturated carbocycles. The molecule has 98 valence electrons. The molecule has 1 aromatic heterocycles. The molecule has 0 radical (unpaired) electrons. The number of amides is 1. The van der Waals surface area contributed by atoms with Crippen LogP contribution in [0.1, 0.15) is 17.3 Å². The average Bonchev–Trinajstić information content (AvgIpc) is 2.38. The highest BCUT2D eigenvalue weighted by Gasteiger charge is 2.27. The maximum Gasteiger partial charge on any atom is 0.257 e. The number of aromatic nitrogens is 1. The second-order valence-corrected chi connectivity index (χ2v) is 4.68. The Morgan fingerprint density at radius 3 is 3.00 bits per heavy atom. The van der Waals surface area contributed by atoms with Gasteiger partial charge in [0.05, 0.1) is 11.3 Å². The number of rotatable bonds is 2. The molecular formula is C12H19N5O. The van der Waals surface area contributed by atoms with Crippen LogP contribution < -0.4 is 11.3 Å². The van der Waals surface area contributed by atoms with Gasteiger partial charge in [-0.2, -0.15) is 0 Å². The van der Waals surface area contributed by atoms with Crippen molar-refractivity contribution in [3.8, 4) is 0 Å². The first-order chi connectivity index (χ1) is 8.63. The molecule has 0 spiro atoms. The number of nitrogen functional groups attached to an aromatic ring is 1. The van der Waals surface area contributed by atoms with E-state index in [-0.39, 0.29) is 11.9 Å². The van der Waals surface area contributed by atoms with E-state index in [1.165, 1.54) is 0 Å². The van der Waals surface area contributed by atoms with Crippen molar-refractivity contribution < 1.29 is 4.79 Å². The third-order valence-electron chi connectivity index (χ3n) is 3.30. The molecule has 1 fully saturated rings. The predicted octanol–water partition coefficient (Wildman–Crippen LogP) is 0.143. The first kappa shape index (κ1) is 12.8. The number of hydrogen-bond donors (Lipinski definition) is 2. The van der Waals surface area contributed by atoms with Crippen molar-refractivity contribution in [2.45, 2.75) is 13.0 Å². The second kappa shape index (κ2) is 5.32. The van der Waals surface area contributed by atoms with Crippen LogP contribution in [0.25, 0.3) is 0 Å². The topological polar surface area (TPSA) is 74.5 Å². The number of likely N-dealkylation sites (N-methyl/N-ethyl adjacent to an activating group) is 1. The summed E-state index contributed by atoms with van der Waals surface area (Å²) in [5, 5.41) is 0. The molecule has 1 aliphatic heterocycles. The summed E-state index contributed by atoms with van der Waals surface area (Å²) in [5.74, 6) is 5.40. The van der Waals surface area contributed by atoms with Crippen molar-refractivity contribution in [3.05, 3.63) is 24.0 Å². The van der Waals surface area contributed by atoms with Crippen LogP contribution >= 0.6 is 0 Å². The van der Waals surface area contributed by atoms with Gasteiger partial charge in [0, 0.05) is 38.1 Å². The molecule has 0 aliphatic carbocycles.